The Labute approximate surface area is 203 Å². The summed E-state index contributed by atoms with van der Waals surface area (Å²) in [6, 6.07) is 14.0. The average Bonchev–Trinajstić information content (AvgIpc) is 3.03. The molecule has 0 bridgehead atoms. The number of carboxylic acids is 1. The molecule has 0 spiro atoms. The van der Waals surface area contributed by atoms with Crippen LogP contribution >= 0.6 is 23.2 Å². The first-order valence-electron chi connectivity index (χ1n) is 10.0. The van der Waals surface area contributed by atoms with Crippen molar-refractivity contribution in [3.05, 3.63) is 93.0 Å². The summed E-state index contributed by atoms with van der Waals surface area (Å²) in [5.41, 5.74) is 7.45. The van der Waals surface area contributed by atoms with Gasteiger partial charge in [-0.25, -0.2) is 9.69 Å². The molecule has 4 N–H and O–H groups in total. The Balaban J connectivity index is 1.51. The van der Waals surface area contributed by atoms with Gasteiger partial charge in [-0.15, -0.1) is 0 Å². The number of nitrogens with zero attached hydrogens (tertiary/aromatic N) is 1. The first-order chi connectivity index (χ1) is 16.2. The van der Waals surface area contributed by atoms with Crippen LogP contribution in [0, 0.1) is 0 Å². The van der Waals surface area contributed by atoms with Gasteiger partial charge in [-0.05, 0) is 48.0 Å². The van der Waals surface area contributed by atoms with E-state index in [9.17, 15) is 24.3 Å². The van der Waals surface area contributed by atoms with Gasteiger partial charge in [-0.1, -0.05) is 41.4 Å². The van der Waals surface area contributed by atoms with Crippen molar-refractivity contribution >= 4 is 58.3 Å². The van der Waals surface area contributed by atoms with Crippen molar-refractivity contribution in [1.82, 2.24) is 5.32 Å². The Morgan fingerprint density at radius 1 is 0.941 bits per heavy atom. The lowest BCUT2D eigenvalue weighted by Gasteiger charge is -2.17. The molecule has 0 saturated carbocycles. The molecule has 172 valence electrons. The van der Waals surface area contributed by atoms with Crippen molar-refractivity contribution in [3.63, 3.8) is 0 Å². The minimum atomic E-state index is -1.27. The molecule has 0 aromatic heterocycles. The molecule has 1 atom stereocenters. The molecule has 1 aliphatic rings. The molecule has 0 saturated heterocycles. The Hall–Kier alpha value is -3.88. The van der Waals surface area contributed by atoms with E-state index in [2.05, 4.69) is 5.32 Å². The van der Waals surface area contributed by atoms with Crippen LogP contribution in [-0.4, -0.2) is 34.8 Å². The number of benzene rings is 3. The average molecular weight is 498 g/mol. The number of imide groups is 1. The molecular weight excluding hydrogens is 481 g/mol. The molecule has 0 radical (unpaired) electrons. The lowest BCUT2D eigenvalue weighted by molar-refractivity contribution is -0.139. The van der Waals surface area contributed by atoms with Crippen molar-refractivity contribution in [2.45, 2.75) is 12.5 Å². The maximum Gasteiger partial charge on any atom is 0.326 e. The van der Waals surface area contributed by atoms with Crippen LogP contribution in [0.2, 0.25) is 10.0 Å². The number of carboxylic acid groups (broad SMARTS) is 1. The van der Waals surface area contributed by atoms with Gasteiger partial charge < -0.3 is 16.2 Å². The number of hydrogen-bond acceptors (Lipinski definition) is 5. The molecule has 10 heteroatoms. The lowest BCUT2D eigenvalue weighted by Crippen LogP contribution is -2.42. The molecule has 3 aromatic rings. The maximum atomic E-state index is 12.7. The van der Waals surface area contributed by atoms with Crippen LogP contribution in [-0.2, 0) is 11.2 Å². The SMILES string of the molecule is Nc1ccc2c(c1)C(=O)N(c1ccc(C[C@H](NC(=O)c3c(Cl)cccc3Cl)C(=O)O)cc1)C2=O. The Kier molecular flexibility index (Phi) is 6.28. The number of halogens is 2. The molecule has 1 heterocycles. The highest BCUT2D eigenvalue weighted by atomic mass is 35.5. The van der Waals surface area contributed by atoms with Crippen molar-refractivity contribution in [1.29, 1.82) is 0 Å². The van der Waals surface area contributed by atoms with Gasteiger partial charge in [0.1, 0.15) is 6.04 Å². The third-order valence-electron chi connectivity index (χ3n) is 5.34. The molecule has 0 aliphatic carbocycles. The molecule has 0 fully saturated rings. The van der Waals surface area contributed by atoms with Gasteiger partial charge in [-0.3, -0.25) is 14.4 Å². The van der Waals surface area contributed by atoms with E-state index in [1.165, 1.54) is 36.4 Å². The first kappa shape index (κ1) is 23.3. The van der Waals surface area contributed by atoms with E-state index in [1.54, 1.807) is 24.3 Å². The zero-order valence-corrected chi connectivity index (χ0v) is 18.9. The van der Waals surface area contributed by atoms with E-state index in [-0.39, 0.29) is 33.2 Å². The van der Waals surface area contributed by atoms with E-state index in [0.717, 1.165) is 4.90 Å². The molecule has 1 aliphatic heterocycles. The number of fused-ring (bicyclic) bond motifs is 1. The summed E-state index contributed by atoms with van der Waals surface area (Å²) in [6.07, 6.45) is -0.0535. The number of aliphatic carboxylic acids is 1. The van der Waals surface area contributed by atoms with Gasteiger partial charge >= 0.3 is 5.97 Å². The summed E-state index contributed by atoms with van der Waals surface area (Å²) in [7, 11) is 0. The van der Waals surface area contributed by atoms with Crippen LogP contribution in [0.4, 0.5) is 11.4 Å². The molecule has 4 rings (SSSR count). The number of nitrogens with one attached hydrogen (secondary N) is 1. The molecule has 34 heavy (non-hydrogen) atoms. The first-order valence-corrected chi connectivity index (χ1v) is 10.8. The van der Waals surface area contributed by atoms with Crippen LogP contribution < -0.4 is 16.0 Å². The summed E-state index contributed by atoms with van der Waals surface area (Å²) in [6.45, 7) is 0. The van der Waals surface area contributed by atoms with Crippen molar-refractivity contribution in [2.75, 3.05) is 10.6 Å². The van der Waals surface area contributed by atoms with Crippen LogP contribution in [0.3, 0.4) is 0 Å². The molecule has 3 aromatic carbocycles. The van der Waals surface area contributed by atoms with E-state index >= 15 is 0 Å². The number of nitrogen functional groups attached to an aromatic ring is 1. The fourth-order valence-electron chi connectivity index (χ4n) is 3.65. The van der Waals surface area contributed by atoms with Gasteiger partial charge in [0.25, 0.3) is 17.7 Å². The fourth-order valence-corrected chi connectivity index (χ4v) is 4.22. The summed E-state index contributed by atoms with van der Waals surface area (Å²) < 4.78 is 0. The maximum absolute atomic E-state index is 12.7. The van der Waals surface area contributed by atoms with E-state index in [0.29, 0.717) is 16.9 Å². The fraction of sp³-hybridized carbons (Fsp3) is 0.0833. The molecule has 3 amide bonds. The highest BCUT2D eigenvalue weighted by Gasteiger charge is 2.36. The number of amides is 3. The highest BCUT2D eigenvalue weighted by molar-refractivity contribution is 6.39. The molecule has 8 nitrogen and oxygen atoms in total. The van der Waals surface area contributed by atoms with Crippen LogP contribution in [0.15, 0.2) is 60.7 Å². The van der Waals surface area contributed by atoms with Crippen molar-refractivity contribution < 1.29 is 24.3 Å². The number of hydrogen-bond donors (Lipinski definition) is 3. The number of anilines is 2. The second-order valence-corrected chi connectivity index (χ2v) is 8.40. The minimum Gasteiger partial charge on any atom is -0.480 e. The largest absolute Gasteiger partial charge is 0.480 e. The summed E-state index contributed by atoms with van der Waals surface area (Å²) in [5, 5.41) is 12.2. The zero-order valence-electron chi connectivity index (χ0n) is 17.4. The van der Waals surface area contributed by atoms with E-state index in [1.807, 2.05) is 0 Å². The number of nitrogens with two attached hydrogens (primary N) is 1. The minimum absolute atomic E-state index is 0.0151. The van der Waals surface area contributed by atoms with Crippen molar-refractivity contribution in [2.24, 2.45) is 0 Å². The number of carbonyl (C=O) groups excluding carboxylic acids is 3. The third-order valence-corrected chi connectivity index (χ3v) is 5.97. The summed E-state index contributed by atoms with van der Waals surface area (Å²) in [4.78, 5) is 50.8. The summed E-state index contributed by atoms with van der Waals surface area (Å²) in [5.74, 6) is -2.93. The smallest absolute Gasteiger partial charge is 0.326 e. The van der Waals surface area contributed by atoms with Gasteiger partial charge in [-0.2, -0.15) is 0 Å². The normalized spacial score (nSPS) is 13.5. The topological polar surface area (TPSA) is 130 Å². The van der Waals surface area contributed by atoms with Gasteiger partial charge in [0.2, 0.25) is 0 Å². The number of rotatable bonds is 6. The second-order valence-electron chi connectivity index (χ2n) is 7.58. The standard InChI is InChI=1S/C24H17Cl2N3O5/c25-17-2-1-3-18(26)20(17)21(30)28-19(24(33)34)10-12-4-7-14(8-5-12)29-22(31)15-9-6-13(27)11-16(15)23(29)32/h1-9,11,19H,10,27H2,(H,28,30)(H,33,34)/t19-/m0/s1. The lowest BCUT2D eigenvalue weighted by atomic mass is 10.0. The van der Waals surface area contributed by atoms with Crippen LogP contribution in [0.5, 0.6) is 0 Å². The zero-order chi connectivity index (χ0) is 24.6. The van der Waals surface area contributed by atoms with Gasteiger partial charge in [0.05, 0.1) is 32.4 Å². The molecule has 0 unspecified atom stereocenters. The predicted molar refractivity (Wildman–Crippen MR) is 127 cm³/mol. The third kappa shape index (κ3) is 4.33. The monoisotopic (exact) mass is 497 g/mol. The highest BCUT2D eigenvalue weighted by Crippen LogP contribution is 2.30. The van der Waals surface area contributed by atoms with Gasteiger partial charge in [0, 0.05) is 12.1 Å². The predicted octanol–water partition coefficient (Wildman–Crippen LogP) is 3.80. The second kappa shape index (κ2) is 9.17. The Morgan fingerprint density at radius 3 is 2.18 bits per heavy atom. The Bertz CT molecular complexity index is 1320. The van der Waals surface area contributed by atoms with Gasteiger partial charge in [0.15, 0.2) is 0 Å². The van der Waals surface area contributed by atoms with Crippen LogP contribution in [0.25, 0.3) is 0 Å². The van der Waals surface area contributed by atoms with E-state index in [4.69, 9.17) is 28.9 Å². The van der Waals surface area contributed by atoms with Crippen molar-refractivity contribution in [3.8, 4) is 0 Å². The number of carbonyl (C=O) groups is 4. The summed E-state index contributed by atoms with van der Waals surface area (Å²) >= 11 is 12.1. The quantitative estimate of drug-likeness (QED) is 0.350. The van der Waals surface area contributed by atoms with E-state index < -0.39 is 29.7 Å². The Morgan fingerprint density at radius 2 is 1.56 bits per heavy atom. The molecular formula is C24H17Cl2N3O5. The van der Waals surface area contributed by atoms with Crippen LogP contribution in [0.1, 0.15) is 36.6 Å².